The molecule has 6 heteroatoms. The smallest absolute Gasteiger partial charge is 0.163 e. The summed E-state index contributed by atoms with van der Waals surface area (Å²) in [4.78, 5) is 0. The molecule has 2 N–H and O–H groups in total. The zero-order chi connectivity index (χ0) is 15.6. The Balaban J connectivity index is 2.47. The normalized spacial score (nSPS) is 12.1. The van der Waals surface area contributed by atoms with Crippen LogP contribution in [0.3, 0.4) is 0 Å². The molecule has 2 aromatic carbocycles. The summed E-state index contributed by atoms with van der Waals surface area (Å²) in [5.41, 5.74) is 6.70. The van der Waals surface area contributed by atoms with Crippen LogP contribution in [0.1, 0.15) is 17.2 Å². The van der Waals surface area contributed by atoms with Gasteiger partial charge in [0.1, 0.15) is 11.6 Å². The number of ether oxygens (including phenoxy) is 2. The van der Waals surface area contributed by atoms with Crippen LogP contribution >= 0.6 is 15.9 Å². The van der Waals surface area contributed by atoms with Gasteiger partial charge in [0.2, 0.25) is 0 Å². The van der Waals surface area contributed by atoms with Gasteiger partial charge >= 0.3 is 0 Å². The van der Waals surface area contributed by atoms with E-state index < -0.39 is 17.7 Å². The van der Waals surface area contributed by atoms with Crippen LogP contribution in [-0.4, -0.2) is 14.2 Å². The maximum atomic E-state index is 14.2. The first kappa shape index (κ1) is 15.7. The molecule has 1 atom stereocenters. The van der Waals surface area contributed by atoms with Crippen molar-refractivity contribution >= 4 is 15.9 Å². The first-order valence-corrected chi connectivity index (χ1v) is 6.89. The predicted molar refractivity (Wildman–Crippen MR) is 79.6 cm³/mol. The number of nitrogens with two attached hydrogens (primary N) is 1. The quantitative estimate of drug-likeness (QED) is 0.905. The molecule has 0 spiro atoms. The van der Waals surface area contributed by atoms with Crippen molar-refractivity contribution in [3.05, 3.63) is 57.6 Å². The summed E-state index contributed by atoms with van der Waals surface area (Å²) in [6.07, 6.45) is 0. The van der Waals surface area contributed by atoms with Gasteiger partial charge in [-0.05, 0) is 39.7 Å². The van der Waals surface area contributed by atoms with Gasteiger partial charge in [-0.1, -0.05) is 6.07 Å². The molecule has 0 fully saturated rings. The van der Waals surface area contributed by atoms with Gasteiger partial charge in [0, 0.05) is 11.6 Å². The minimum absolute atomic E-state index is 0.203. The fourth-order valence-corrected chi connectivity index (χ4v) is 2.24. The Morgan fingerprint density at radius 1 is 1.00 bits per heavy atom. The minimum atomic E-state index is -0.813. The first-order chi connectivity index (χ1) is 9.97. The molecule has 2 aromatic rings. The average Bonchev–Trinajstić information content (AvgIpc) is 2.49. The molecule has 0 aliphatic rings. The van der Waals surface area contributed by atoms with Crippen molar-refractivity contribution in [3.8, 4) is 11.5 Å². The van der Waals surface area contributed by atoms with Crippen molar-refractivity contribution in [2.45, 2.75) is 6.04 Å². The number of hydrogen-bond acceptors (Lipinski definition) is 3. The molecule has 0 amide bonds. The number of hydrogen-bond donors (Lipinski definition) is 1. The minimum Gasteiger partial charge on any atom is -0.493 e. The van der Waals surface area contributed by atoms with E-state index in [9.17, 15) is 8.78 Å². The van der Waals surface area contributed by atoms with Crippen LogP contribution < -0.4 is 15.2 Å². The highest BCUT2D eigenvalue weighted by atomic mass is 79.9. The number of halogens is 3. The summed E-state index contributed by atoms with van der Waals surface area (Å²) in [6.45, 7) is 0. The average molecular weight is 358 g/mol. The highest BCUT2D eigenvalue weighted by Gasteiger charge is 2.18. The van der Waals surface area contributed by atoms with Crippen molar-refractivity contribution in [3.63, 3.8) is 0 Å². The number of rotatable bonds is 4. The Bertz CT molecular complexity index is 664. The topological polar surface area (TPSA) is 44.5 Å². The Morgan fingerprint density at radius 3 is 2.19 bits per heavy atom. The molecule has 0 saturated heterocycles. The van der Waals surface area contributed by atoms with Gasteiger partial charge in [-0.3, -0.25) is 0 Å². The molecule has 0 radical (unpaired) electrons. The maximum absolute atomic E-state index is 14.2. The van der Waals surface area contributed by atoms with Crippen molar-refractivity contribution in [2.75, 3.05) is 14.2 Å². The van der Waals surface area contributed by atoms with E-state index in [1.54, 1.807) is 6.07 Å². The molecular formula is C15H14BrF2NO2. The predicted octanol–water partition coefficient (Wildman–Crippen LogP) is 3.79. The summed E-state index contributed by atoms with van der Waals surface area (Å²) in [6, 6.07) is 6.27. The summed E-state index contributed by atoms with van der Waals surface area (Å²) in [5, 5.41) is 0. The van der Waals surface area contributed by atoms with E-state index in [-0.39, 0.29) is 11.3 Å². The van der Waals surface area contributed by atoms with E-state index in [4.69, 9.17) is 15.2 Å². The Hall–Kier alpha value is -1.66. The van der Waals surface area contributed by atoms with E-state index in [0.29, 0.717) is 15.8 Å². The molecule has 0 aliphatic heterocycles. The molecule has 21 heavy (non-hydrogen) atoms. The van der Waals surface area contributed by atoms with Gasteiger partial charge in [0.15, 0.2) is 11.5 Å². The molecule has 2 rings (SSSR count). The summed E-state index contributed by atoms with van der Waals surface area (Å²) in [7, 11) is 2.87. The highest BCUT2D eigenvalue weighted by molar-refractivity contribution is 9.10. The Labute approximate surface area is 129 Å². The lowest BCUT2D eigenvalue weighted by atomic mass is 9.98. The Morgan fingerprint density at radius 2 is 1.62 bits per heavy atom. The van der Waals surface area contributed by atoms with E-state index in [0.717, 1.165) is 0 Å². The van der Waals surface area contributed by atoms with E-state index >= 15 is 0 Å². The molecule has 0 heterocycles. The lowest BCUT2D eigenvalue weighted by molar-refractivity contribution is 0.351. The molecular weight excluding hydrogens is 344 g/mol. The third kappa shape index (κ3) is 3.16. The number of benzene rings is 2. The standard InChI is InChI=1S/C15H14BrF2NO2/c1-20-13-6-9(11(17)7-14(13)21-2)15(19)8-3-4-10(16)12(18)5-8/h3-7,15H,19H2,1-2H3. The second-order valence-electron chi connectivity index (χ2n) is 4.38. The summed E-state index contributed by atoms with van der Waals surface area (Å²) >= 11 is 3.06. The SMILES string of the molecule is COc1cc(F)c(C(N)c2ccc(Br)c(F)c2)cc1OC. The van der Waals surface area contributed by atoms with Crippen LogP contribution in [0.4, 0.5) is 8.78 Å². The van der Waals surface area contributed by atoms with Crippen LogP contribution in [0.5, 0.6) is 11.5 Å². The molecule has 0 aromatic heterocycles. The lowest BCUT2D eigenvalue weighted by Gasteiger charge is -2.16. The van der Waals surface area contributed by atoms with Crippen LogP contribution in [-0.2, 0) is 0 Å². The molecule has 0 aliphatic carbocycles. The highest BCUT2D eigenvalue weighted by Crippen LogP contribution is 2.34. The van der Waals surface area contributed by atoms with Gasteiger partial charge in [-0.25, -0.2) is 8.78 Å². The van der Waals surface area contributed by atoms with Crippen molar-refractivity contribution in [1.29, 1.82) is 0 Å². The Kier molecular flexibility index (Phi) is 4.80. The van der Waals surface area contributed by atoms with Crippen molar-refractivity contribution in [1.82, 2.24) is 0 Å². The van der Waals surface area contributed by atoms with Crippen molar-refractivity contribution in [2.24, 2.45) is 5.73 Å². The molecule has 112 valence electrons. The second kappa shape index (κ2) is 6.41. The van der Waals surface area contributed by atoms with Crippen LogP contribution in [0.15, 0.2) is 34.8 Å². The lowest BCUT2D eigenvalue weighted by Crippen LogP contribution is -2.14. The largest absolute Gasteiger partial charge is 0.493 e. The molecule has 0 saturated carbocycles. The third-order valence-electron chi connectivity index (χ3n) is 3.14. The molecule has 3 nitrogen and oxygen atoms in total. The van der Waals surface area contributed by atoms with Crippen LogP contribution in [0.25, 0.3) is 0 Å². The fraction of sp³-hybridized carbons (Fsp3) is 0.200. The summed E-state index contributed by atoms with van der Waals surface area (Å²) in [5.74, 6) is -0.359. The first-order valence-electron chi connectivity index (χ1n) is 6.10. The van der Waals surface area contributed by atoms with E-state index in [1.807, 2.05) is 0 Å². The third-order valence-corrected chi connectivity index (χ3v) is 3.78. The summed E-state index contributed by atoms with van der Waals surface area (Å²) < 4.78 is 38.2. The van der Waals surface area contributed by atoms with Crippen LogP contribution in [0, 0.1) is 11.6 Å². The van der Waals surface area contributed by atoms with Gasteiger partial charge in [-0.2, -0.15) is 0 Å². The van der Waals surface area contributed by atoms with Crippen LogP contribution in [0.2, 0.25) is 0 Å². The van der Waals surface area contributed by atoms with Gasteiger partial charge in [0.25, 0.3) is 0 Å². The van der Waals surface area contributed by atoms with Gasteiger partial charge < -0.3 is 15.2 Å². The second-order valence-corrected chi connectivity index (χ2v) is 5.23. The van der Waals surface area contributed by atoms with Crippen molar-refractivity contribution < 1.29 is 18.3 Å². The van der Waals surface area contributed by atoms with E-state index in [2.05, 4.69) is 15.9 Å². The zero-order valence-electron chi connectivity index (χ0n) is 11.5. The van der Waals surface area contributed by atoms with Gasteiger partial charge in [0.05, 0.1) is 24.7 Å². The monoisotopic (exact) mass is 357 g/mol. The molecule has 0 bridgehead atoms. The fourth-order valence-electron chi connectivity index (χ4n) is 1.99. The maximum Gasteiger partial charge on any atom is 0.163 e. The van der Waals surface area contributed by atoms with E-state index in [1.165, 1.54) is 38.5 Å². The molecule has 1 unspecified atom stereocenters. The number of methoxy groups -OCH3 is 2. The zero-order valence-corrected chi connectivity index (χ0v) is 13.1. The van der Waals surface area contributed by atoms with Gasteiger partial charge in [-0.15, -0.1) is 0 Å².